The van der Waals surface area contributed by atoms with Crippen molar-refractivity contribution in [2.45, 2.75) is 51.8 Å². The van der Waals surface area contributed by atoms with E-state index in [4.69, 9.17) is 0 Å². The molecule has 1 rings (SSSR count). The van der Waals surface area contributed by atoms with E-state index in [2.05, 4.69) is 17.3 Å². The summed E-state index contributed by atoms with van der Waals surface area (Å²) in [6.45, 7) is 7.01. The highest BCUT2D eigenvalue weighted by Gasteiger charge is 2.41. The van der Waals surface area contributed by atoms with E-state index >= 15 is 0 Å². The predicted molar refractivity (Wildman–Crippen MR) is 69.3 cm³/mol. The zero-order valence-corrected chi connectivity index (χ0v) is 11.6. The second-order valence-electron chi connectivity index (χ2n) is 4.30. The molecule has 1 aliphatic rings. The van der Waals surface area contributed by atoms with Crippen molar-refractivity contribution < 1.29 is 9.59 Å². The lowest BCUT2D eigenvalue weighted by Crippen LogP contribution is -2.39. The van der Waals surface area contributed by atoms with E-state index in [9.17, 15) is 9.59 Å². The second kappa shape index (κ2) is 5.53. The molecule has 0 aromatic heterocycles. The van der Waals surface area contributed by atoms with Gasteiger partial charge in [-0.1, -0.05) is 31.5 Å². The first kappa shape index (κ1) is 14.0. The number of nitrogens with one attached hydrogen (secondary N) is 1. The number of carbonyl (C=O) groups excluding carboxylic acids is 2. The Bertz CT molecular complexity index is 357. The summed E-state index contributed by atoms with van der Waals surface area (Å²) in [5, 5.41) is 8.78. The van der Waals surface area contributed by atoms with Gasteiger partial charge in [-0.3, -0.25) is 9.59 Å². The molecule has 6 heteroatoms. The van der Waals surface area contributed by atoms with Gasteiger partial charge in [0.1, 0.15) is 4.87 Å². The maximum atomic E-state index is 11.5. The highest BCUT2D eigenvalue weighted by Crippen LogP contribution is 2.40. The van der Waals surface area contributed by atoms with E-state index < -0.39 is 0 Å². The molecule has 2 amide bonds. The fourth-order valence-electron chi connectivity index (χ4n) is 1.73. The van der Waals surface area contributed by atoms with E-state index in [1.54, 1.807) is 0 Å². The Morgan fingerprint density at radius 2 is 2.12 bits per heavy atom. The molecule has 0 saturated carbocycles. The third-order valence-electron chi connectivity index (χ3n) is 2.53. The number of hydrogen-bond acceptors (Lipinski definition) is 4. The molecule has 1 aliphatic heterocycles. The van der Waals surface area contributed by atoms with E-state index in [1.165, 1.54) is 30.6 Å². The molecular formula is C11H19N3O2S. The normalized spacial score (nSPS) is 23.5. The Morgan fingerprint density at radius 1 is 1.47 bits per heavy atom. The Morgan fingerprint density at radius 3 is 2.59 bits per heavy atom. The quantitative estimate of drug-likeness (QED) is 0.840. The van der Waals surface area contributed by atoms with Crippen molar-refractivity contribution in [1.29, 1.82) is 0 Å². The van der Waals surface area contributed by atoms with E-state index in [0.717, 1.165) is 19.3 Å². The van der Waals surface area contributed by atoms with Crippen LogP contribution in [-0.2, 0) is 9.59 Å². The van der Waals surface area contributed by atoms with Crippen LogP contribution < -0.4 is 5.32 Å². The summed E-state index contributed by atoms with van der Waals surface area (Å²) in [5.74, 6) is -0.268. The van der Waals surface area contributed by atoms with Crippen LogP contribution in [0.15, 0.2) is 5.10 Å². The molecule has 0 bridgehead atoms. The summed E-state index contributed by atoms with van der Waals surface area (Å²) >= 11 is 1.44. The molecule has 96 valence electrons. The van der Waals surface area contributed by atoms with Crippen molar-refractivity contribution >= 4 is 28.7 Å². The van der Waals surface area contributed by atoms with Crippen LogP contribution in [0.2, 0.25) is 0 Å². The van der Waals surface area contributed by atoms with Crippen LogP contribution >= 0.6 is 11.8 Å². The summed E-state index contributed by atoms with van der Waals surface area (Å²) in [7, 11) is 0. The minimum absolute atomic E-state index is 0.101. The molecular weight excluding hydrogens is 238 g/mol. The molecule has 1 unspecified atom stereocenters. The zero-order chi connectivity index (χ0) is 13.1. The van der Waals surface area contributed by atoms with Gasteiger partial charge in [0.05, 0.1) is 0 Å². The number of rotatable bonds is 3. The lowest BCUT2D eigenvalue weighted by molar-refractivity contribution is -0.131. The molecule has 0 fully saturated rings. The first-order valence-corrected chi connectivity index (χ1v) is 6.56. The highest BCUT2D eigenvalue weighted by atomic mass is 32.2. The third-order valence-corrected chi connectivity index (χ3v) is 3.72. The number of thioether (sulfide) groups is 1. The molecule has 1 N–H and O–H groups in total. The number of unbranched alkanes of at least 4 members (excludes halogenated alkanes) is 1. The van der Waals surface area contributed by atoms with Crippen molar-refractivity contribution in [3.63, 3.8) is 0 Å². The summed E-state index contributed by atoms with van der Waals surface area (Å²) in [6, 6.07) is 0. The molecule has 17 heavy (non-hydrogen) atoms. The van der Waals surface area contributed by atoms with Gasteiger partial charge >= 0.3 is 0 Å². The average molecular weight is 257 g/mol. The molecule has 1 heterocycles. The van der Waals surface area contributed by atoms with Crippen molar-refractivity contribution in [3.05, 3.63) is 0 Å². The van der Waals surface area contributed by atoms with Gasteiger partial charge < -0.3 is 5.32 Å². The Kier molecular flexibility index (Phi) is 4.56. The van der Waals surface area contributed by atoms with Crippen LogP contribution in [0, 0.1) is 0 Å². The van der Waals surface area contributed by atoms with Crippen LogP contribution in [0.3, 0.4) is 0 Å². The van der Waals surface area contributed by atoms with E-state index in [0.29, 0.717) is 5.17 Å². The largest absolute Gasteiger partial charge is 0.304 e. The van der Waals surface area contributed by atoms with Crippen LogP contribution in [0.25, 0.3) is 0 Å². The first-order valence-electron chi connectivity index (χ1n) is 5.75. The number of carbonyl (C=O) groups is 2. The smallest absolute Gasteiger partial charge is 0.240 e. The van der Waals surface area contributed by atoms with Gasteiger partial charge in [-0.15, -0.1) is 5.10 Å². The van der Waals surface area contributed by atoms with Crippen LogP contribution in [0.5, 0.6) is 0 Å². The van der Waals surface area contributed by atoms with E-state index in [1.807, 2.05) is 6.92 Å². The molecule has 0 spiro atoms. The summed E-state index contributed by atoms with van der Waals surface area (Å²) in [4.78, 5) is 22.2. The van der Waals surface area contributed by atoms with Gasteiger partial charge in [0.25, 0.3) is 0 Å². The lowest BCUT2D eigenvalue weighted by atomic mass is 10.1. The second-order valence-corrected chi connectivity index (χ2v) is 5.77. The van der Waals surface area contributed by atoms with Gasteiger partial charge in [0, 0.05) is 13.8 Å². The van der Waals surface area contributed by atoms with Crippen molar-refractivity contribution in [2.24, 2.45) is 5.10 Å². The van der Waals surface area contributed by atoms with Gasteiger partial charge in [-0.05, 0) is 13.3 Å². The average Bonchev–Trinajstić information content (AvgIpc) is 2.52. The number of hydrazone groups is 1. The molecule has 1 atom stereocenters. The SMILES string of the molecule is CCCCC1(C)SC(NC(C)=O)=NN1C(C)=O. The van der Waals surface area contributed by atoms with E-state index in [-0.39, 0.29) is 16.7 Å². The van der Waals surface area contributed by atoms with Crippen LogP contribution in [-0.4, -0.2) is 26.9 Å². The van der Waals surface area contributed by atoms with Gasteiger partial charge in [-0.25, -0.2) is 5.01 Å². The van der Waals surface area contributed by atoms with Crippen molar-refractivity contribution in [2.75, 3.05) is 0 Å². The fraction of sp³-hybridized carbons (Fsp3) is 0.727. The van der Waals surface area contributed by atoms with Crippen LogP contribution in [0.1, 0.15) is 47.0 Å². The fourth-order valence-corrected chi connectivity index (χ4v) is 2.97. The maximum absolute atomic E-state index is 11.5. The predicted octanol–water partition coefficient (Wildman–Crippen LogP) is 1.90. The van der Waals surface area contributed by atoms with Crippen LogP contribution in [0.4, 0.5) is 0 Å². The number of amidine groups is 1. The summed E-state index contributed by atoms with van der Waals surface area (Å²) in [6.07, 6.45) is 2.95. The highest BCUT2D eigenvalue weighted by molar-refractivity contribution is 8.15. The zero-order valence-electron chi connectivity index (χ0n) is 10.7. The number of amides is 2. The first-order chi connectivity index (χ1) is 7.89. The van der Waals surface area contributed by atoms with Crippen molar-refractivity contribution in [3.8, 4) is 0 Å². The summed E-state index contributed by atoms with van der Waals surface area (Å²) in [5.41, 5.74) is 0. The Hall–Kier alpha value is -1.04. The molecule has 0 aromatic rings. The molecule has 0 aliphatic carbocycles. The number of hydrogen-bond donors (Lipinski definition) is 1. The standard InChI is InChI=1S/C11H19N3O2S/c1-5-6-7-11(4)14(9(3)16)13-10(17-11)12-8(2)15/h5-7H2,1-4H3,(H,12,13,15). The monoisotopic (exact) mass is 257 g/mol. The number of nitrogens with zero attached hydrogens (tertiary/aromatic N) is 2. The Labute approximate surface area is 106 Å². The lowest BCUT2D eigenvalue weighted by Gasteiger charge is -2.30. The molecule has 0 radical (unpaired) electrons. The maximum Gasteiger partial charge on any atom is 0.240 e. The van der Waals surface area contributed by atoms with Gasteiger partial charge in [-0.2, -0.15) is 0 Å². The van der Waals surface area contributed by atoms with Gasteiger partial charge in [0.15, 0.2) is 5.17 Å². The Balaban J connectivity index is 2.80. The molecule has 0 aromatic carbocycles. The minimum atomic E-state index is -0.375. The van der Waals surface area contributed by atoms with Gasteiger partial charge in [0.2, 0.25) is 11.8 Å². The topological polar surface area (TPSA) is 61.8 Å². The van der Waals surface area contributed by atoms with Crippen molar-refractivity contribution in [1.82, 2.24) is 10.3 Å². The minimum Gasteiger partial charge on any atom is -0.304 e. The third kappa shape index (κ3) is 3.46. The molecule has 0 saturated heterocycles. The molecule has 5 nitrogen and oxygen atoms in total. The summed E-state index contributed by atoms with van der Waals surface area (Å²) < 4.78 is 0.